The molecule has 0 aromatic carbocycles. The van der Waals surface area contributed by atoms with E-state index in [1.807, 2.05) is 0 Å². The van der Waals surface area contributed by atoms with Gasteiger partial charge in [0.1, 0.15) is 0 Å². The Hall–Kier alpha value is 0.170. The van der Waals surface area contributed by atoms with E-state index in [4.69, 9.17) is 4.74 Å². The summed E-state index contributed by atoms with van der Waals surface area (Å²) in [5, 5.41) is 3.43. The largest absolute Gasteiger partial charge is 0.373 e. The van der Waals surface area contributed by atoms with E-state index in [2.05, 4.69) is 24.1 Å². The van der Waals surface area contributed by atoms with Crippen molar-refractivity contribution in [3.8, 4) is 0 Å². The highest BCUT2D eigenvalue weighted by atomic mass is 35.5. The molecule has 1 N–H and O–H groups in total. The minimum absolute atomic E-state index is 0. The predicted octanol–water partition coefficient (Wildman–Crippen LogP) is 1.91. The van der Waals surface area contributed by atoms with Crippen molar-refractivity contribution in [1.29, 1.82) is 0 Å². The number of piperidine rings is 1. The van der Waals surface area contributed by atoms with Crippen LogP contribution in [0.2, 0.25) is 0 Å². The molecule has 102 valence electrons. The third kappa shape index (κ3) is 5.12. The van der Waals surface area contributed by atoms with Gasteiger partial charge in [0.15, 0.2) is 0 Å². The summed E-state index contributed by atoms with van der Waals surface area (Å²) in [4.78, 5) is 2.58. The van der Waals surface area contributed by atoms with Gasteiger partial charge in [0.05, 0.1) is 12.2 Å². The Morgan fingerprint density at radius 2 is 1.71 bits per heavy atom. The summed E-state index contributed by atoms with van der Waals surface area (Å²) in [6, 6.07) is 0. The summed E-state index contributed by atoms with van der Waals surface area (Å²) >= 11 is 0. The summed E-state index contributed by atoms with van der Waals surface area (Å²) in [5.41, 5.74) is 0. The molecule has 2 fully saturated rings. The molecule has 0 bridgehead atoms. The van der Waals surface area contributed by atoms with Crippen molar-refractivity contribution >= 4 is 12.4 Å². The van der Waals surface area contributed by atoms with Gasteiger partial charge < -0.3 is 10.1 Å². The number of ether oxygens (including phenoxy) is 1. The summed E-state index contributed by atoms with van der Waals surface area (Å²) in [5.74, 6) is 0.953. The molecule has 2 heterocycles. The Bertz CT molecular complexity index is 200. The molecule has 2 saturated heterocycles. The molecule has 4 heteroatoms. The number of rotatable bonds is 3. The number of hydrogen-bond acceptors (Lipinski definition) is 3. The molecule has 0 aromatic heterocycles. The molecule has 2 aliphatic rings. The number of nitrogens with zero attached hydrogens (tertiary/aromatic N) is 1. The number of nitrogens with one attached hydrogen (secondary N) is 1. The van der Waals surface area contributed by atoms with Gasteiger partial charge in [0, 0.05) is 13.1 Å². The van der Waals surface area contributed by atoms with Crippen LogP contribution < -0.4 is 5.32 Å². The van der Waals surface area contributed by atoms with E-state index in [0.717, 1.165) is 19.0 Å². The average molecular weight is 263 g/mol. The SMILES string of the molecule is C[C@@H]1CN(CCC2CCNCC2)C[C@H](C)O1.Cl. The normalized spacial score (nSPS) is 32.1. The third-order valence-electron chi connectivity index (χ3n) is 3.81. The monoisotopic (exact) mass is 262 g/mol. The van der Waals surface area contributed by atoms with Gasteiger partial charge in [-0.25, -0.2) is 0 Å². The maximum absolute atomic E-state index is 5.76. The summed E-state index contributed by atoms with van der Waals surface area (Å²) < 4.78 is 5.76. The number of morpholine rings is 1. The van der Waals surface area contributed by atoms with E-state index in [1.165, 1.54) is 38.9 Å². The highest BCUT2D eigenvalue weighted by molar-refractivity contribution is 5.85. The van der Waals surface area contributed by atoms with Gasteiger partial charge in [0.25, 0.3) is 0 Å². The van der Waals surface area contributed by atoms with E-state index in [1.54, 1.807) is 0 Å². The molecule has 2 rings (SSSR count). The molecule has 2 atom stereocenters. The van der Waals surface area contributed by atoms with Gasteiger partial charge in [-0.1, -0.05) is 0 Å². The predicted molar refractivity (Wildman–Crippen MR) is 73.9 cm³/mol. The fourth-order valence-corrected chi connectivity index (χ4v) is 3.00. The van der Waals surface area contributed by atoms with Crippen LogP contribution in [0.3, 0.4) is 0 Å². The maximum atomic E-state index is 5.76. The van der Waals surface area contributed by atoms with E-state index >= 15 is 0 Å². The standard InChI is InChI=1S/C13H26N2O.ClH/c1-11-9-15(10-12(2)16-11)8-5-13-3-6-14-7-4-13;/h11-14H,3-10H2,1-2H3;1H/t11-,12+;. The molecule has 0 radical (unpaired) electrons. The first kappa shape index (κ1) is 15.2. The molecule has 3 nitrogen and oxygen atoms in total. The summed E-state index contributed by atoms with van der Waals surface area (Å²) in [6.45, 7) is 10.3. The Morgan fingerprint density at radius 1 is 1.12 bits per heavy atom. The van der Waals surface area contributed by atoms with Crippen molar-refractivity contribution in [2.75, 3.05) is 32.7 Å². The third-order valence-corrected chi connectivity index (χ3v) is 3.81. The molecule has 2 aliphatic heterocycles. The van der Waals surface area contributed by atoms with Crippen LogP contribution >= 0.6 is 12.4 Å². The van der Waals surface area contributed by atoms with Crippen LogP contribution in [0.5, 0.6) is 0 Å². The first-order valence-corrected chi connectivity index (χ1v) is 6.82. The molecular weight excluding hydrogens is 236 g/mol. The van der Waals surface area contributed by atoms with Crippen LogP contribution in [-0.2, 0) is 4.74 Å². The van der Waals surface area contributed by atoms with Gasteiger partial charge >= 0.3 is 0 Å². The van der Waals surface area contributed by atoms with Gasteiger partial charge in [-0.05, 0) is 58.7 Å². The van der Waals surface area contributed by atoms with Crippen LogP contribution in [0.1, 0.15) is 33.1 Å². The Labute approximate surface area is 112 Å². The van der Waals surface area contributed by atoms with Crippen LogP contribution in [0.25, 0.3) is 0 Å². The number of halogens is 1. The highest BCUT2D eigenvalue weighted by Gasteiger charge is 2.22. The smallest absolute Gasteiger partial charge is 0.0678 e. The zero-order valence-electron chi connectivity index (χ0n) is 11.2. The summed E-state index contributed by atoms with van der Waals surface area (Å²) in [6.07, 6.45) is 4.94. The molecule has 0 aromatic rings. The molecule has 0 spiro atoms. The lowest BCUT2D eigenvalue weighted by Crippen LogP contribution is -2.46. The van der Waals surface area contributed by atoms with Gasteiger partial charge in [-0.2, -0.15) is 0 Å². The van der Waals surface area contributed by atoms with Crippen molar-refractivity contribution in [2.45, 2.75) is 45.3 Å². The van der Waals surface area contributed by atoms with E-state index in [9.17, 15) is 0 Å². The molecule has 0 amide bonds. The second kappa shape index (κ2) is 7.57. The quantitative estimate of drug-likeness (QED) is 0.841. The zero-order valence-corrected chi connectivity index (χ0v) is 12.0. The van der Waals surface area contributed by atoms with Crippen molar-refractivity contribution in [1.82, 2.24) is 10.2 Å². The fraction of sp³-hybridized carbons (Fsp3) is 1.00. The average Bonchev–Trinajstić information content (AvgIpc) is 2.27. The maximum Gasteiger partial charge on any atom is 0.0678 e. The zero-order chi connectivity index (χ0) is 11.4. The first-order chi connectivity index (χ1) is 7.74. The van der Waals surface area contributed by atoms with E-state index < -0.39 is 0 Å². The topological polar surface area (TPSA) is 24.5 Å². The lowest BCUT2D eigenvalue weighted by atomic mass is 9.94. The number of hydrogen-bond donors (Lipinski definition) is 1. The summed E-state index contributed by atoms with van der Waals surface area (Å²) in [7, 11) is 0. The second-order valence-corrected chi connectivity index (χ2v) is 5.50. The minimum Gasteiger partial charge on any atom is -0.373 e. The molecule has 0 saturated carbocycles. The molecule has 0 aliphatic carbocycles. The van der Waals surface area contributed by atoms with Crippen molar-refractivity contribution in [3.05, 3.63) is 0 Å². The lowest BCUT2D eigenvalue weighted by molar-refractivity contribution is -0.0691. The minimum atomic E-state index is 0. The van der Waals surface area contributed by atoms with Gasteiger partial charge in [0.2, 0.25) is 0 Å². The van der Waals surface area contributed by atoms with Gasteiger partial charge in [-0.3, -0.25) is 4.90 Å². The van der Waals surface area contributed by atoms with Crippen LogP contribution in [0.4, 0.5) is 0 Å². The van der Waals surface area contributed by atoms with Crippen molar-refractivity contribution in [2.24, 2.45) is 5.92 Å². The van der Waals surface area contributed by atoms with Gasteiger partial charge in [-0.15, -0.1) is 12.4 Å². The Morgan fingerprint density at radius 3 is 2.29 bits per heavy atom. The van der Waals surface area contributed by atoms with Crippen LogP contribution in [0, 0.1) is 5.92 Å². The van der Waals surface area contributed by atoms with E-state index in [-0.39, 0.29) is 12.4 Å². The molecule has 17 heavy (non-hydrogen) atoms. The Balaban J connectivity index is 0.00000144. The van der Waals surface area contributed by atoms with Crippen molar-refractivity contribution in [3.63, 3.8) is 0 Å². The molecule has 0 unspecified atom stereocenters. The second-order valence-electron chi connectivity index (χ2n) is 5.50. The Kier molecular flexibility index (Phi) is 6.78. The van der Waals surface area contributed by atoms with Crippen LogP contribution in [-0.4, -0.2) is 49.8 Å². The van der Waals surface area contributed by atoms with Crippen LogP contribution in [0.15, 0.2) is 0 Å². The molecular formula is C13H27ClN2O. The highest BCUT2D eigenvalue weighted by Crippen LogP contribution is 2.18. The lowest BCUT2D eigenvalue weighted by Gasteiger charge is -2.36. The van der Waals surface area contributed by atoms with Crippen molar-refractivity contribution < 1.29 is 4.74 Å². The fourth-order valence-electron chi connectivity index (χ4n) is 3.00. The first-order valence-electron chi connectivity index (χ1n) is 6.82. The van der Waals surface area contributed by atoms with E-state index in [0.29, 0.717) is 12.2 Å².